The molecule has 0 aromatic rings. The number of aliphatic hydroxyl groups is 1. The maximum atomic E-state index is 13.1. The number of hydrogen-bond donors (Lipinski definition) is 2. The molecule has 0 radical (unpaired) electrons. The Morgan fingerprint density at radius 2 is 0.693 bits per heavy atom. The number of nitrogens with one attached hydrogen (secondary N) is 1. The third-order valence-corrected chi connectivity index (χ3v) is 19.0. The van der Waals surface area contributed by atoms with Crippen LogP contribution in [0.5, 0.6) is 0 Å². The van der Waals surface area contributed by atoms with Gasteiger partial charge >= 0.3 is 0 Å². The van der Waals surface area contributed by atoms with Crippen LogP contribution in [0.15, 0.2) is 48.6 Å². The van der Waals surface area contributed by atoms with Crippen LogP contribution in [0.2, 0.25) is 0 Å². The van der Waals surface area contributed by atoms with Gasteiger partial charge in [-0.1, -0.05) is 390 Å². The van der Waals surface area contributed by atoms with Crippen LogP contribution in [0.4, 0.5) is 0 Å². The number of quaternary nitrogens is 1. The number of carbonyl (C=O) groups is 1. The van der Waals surface area contributed by atoms with Gasteiger partial charge in [0.25, 0.3) is 7.82 Å². The number of amides is 1. The highest BCUT2D eigenvalue weighted by Crippen LogP contribution is 2.38. The molecule has 0 aliphatic rings. The van der Waals surface area contributed by atoms with Crippen LogP contribution in [0.25, 0.3) is 0 Å². The summed E-state index contributed by atoms with van der Waals surface area (Å²) in [5.41, 5.74) is 0. The van der Waals surface area contributed by atoms with Gasteiger partial charge in [0.2, 0.25) is 5.91 Å². The molecular weight excluding hydrogens is 1100 g/mol. The van der Waals surface area contributed by atoms with Crippen molar-refractivity contribution in [3.63, 3.8) is 0 Å². The Labute approximate surface area is 549 Å². The molecule has 520 valence electrons. The van der Waals surface area contributed by atoms with Gasteiger partial charge in [0.1, 0.15) is 13.2 Å². The van der Waals surface area contributed by atoms with Crippen LogP contribution in [0.3, 0.4) is 0 Å². The van der Waals surface area contributed by atoms with Gasteiger partial charge in [-0.05, 0) is 51.4 Å². The van der Waals surface area contributed by atoms with Gasteiger partial charge in [0, 0.05) is 6.42 Å². The van der Waals surface area contributed by atoms with Crippen LogP contribution in [0, 0.1) is 0 Å². The van der Waals surface area contributed by atoms with Gasteiger partial charge in [-0.15, -0.1) is 0 Å². The number of phosphoric ester groups is 1. The Morgan fingerprint density at radius 1 is 0.409 bits per heavy atom. The zero-order valence-electron chi connectivity index (χ0n) is 59.7. The second kappa shape index (κ2) is 69.8. The van der Waals surface area contributed by atoms with Crippen molar-refractivity contribution in [3.05, 3.63) is 48.6 Å². The van der Waals surface area contributed by atoms with E-state index in [1.165, 1.54) is 308 Å². The van der Waals surface area contributed by atoms with Crippen molar-refractivity contribution in [1.82, 2.24) is 5.32 Å². The molecule has 3 atom stereocenters. The first kappa shape index (κ1) is 86.5. The quantitative estimate of drug-likeness (QED) is 0.0272. The molecule has 0 saturated heterocycles. The summed E-state index contributed by atoms with van der Waals surface area (Å²) in [6, 6.07) is -0.801. The fourth-order valence-electron chi connectivity index (χ4n) is 12.1. The monoisotopic (exact) mass is 1260 g/mol. The van der Waals surface area contributed by atoms with Crippen molar-refractivity contribution in [3.8, 4) is 0 Å². The number of phosphoric acid groups is 1. The van der Waals surface area contributed by atoms with E-state index in [1.54, 1.807) is 0 Å². The molecule has 8 nitrogen and oxygen atoms in total. The highest BCUT2D eigenvalue weighted by atomic mass is 31.2. The lowest BCUT2D eigenvalue weighted by Crippen LogP contribution is -2.46. The first-order chi connectivity index (χ1) is 43.0. The molecule has 88 heavy (non-hydrogen) atoms. The standard InChI is InChI=1S/C79H153N2O6P/c1-6-8-10-12-14-16-18-20-22-24-26-28-30-32-34-36-37-38-39-40-41-42-43-45-47-49-51-53-55-57-59-61-63-65-67-69-71-73-79(83)80-77(76-87-88(84,85)86-75-74-81(3,4)5)78(82)72-70-68-66-64-62-60-58-56-54-52-50-48-46-44-35-33-31-29-27-25-23-21-19-17-15-13-11-9-7-2/h8,10,14,16,20,22,26,28,77-78,82H,6-7,9,11-13,15,17-19,21,23-25,27,29-76H2,1-5H3,(H-,80,83,84,85)/b10-8-,16-14-,22-20-,28-26-. The van der Waals surface area contributed by atoms with Crippen LogP contribution < -0.4 is 10.2 Å². The molecule has 0 bridgehead atoms. The van der Waals surface area contributed by atoms with Gasteiger partial charge in [-0.3, -0.25) is 9.36 Å². The molecule has 0 rings (SSSR count). The van der Waals surface area contributed by atoms with E-state index in [9.17, 15) is 19.4 Å². The summed E-state index contributed by atoms with van der Waals surface area (Å²) in [6.45, 7) is 4.67. The van der Waals surface area contributed by atoms with E-state index in [0.29, 0.717) is 23.9 Å². The van der Waals surface area contributed by atoms with Crippen molar-refractivity contribution in [2.75, 3.05) is 40.9 Å². The molecule has 3 unspecified atom stereocenters. The van der Waals surface area contributed by atoms with Gasteiger partial charge < -0.3 is 28.8 Å². The first-order valence-corrected chi connectivity index (χ1v) is 40.4. The van der Waals surface area contributed by atoms with Crippen molar-refractivity contribution in [2.24, 2.45) is 0 Å². The molecule has 2 N–H and O–H groups in total. The summed E-state index contributed by atoms with van der Waals surface area (Å²) in [5, 5.41) is 14.1. The zero-order chi connectivity index (χ0) is 64.1. The number of likely N-dealkylation sites (N-methyl/N-ethyl adjacent to an activating group) is 1. The maximum Gasteiger partial charge on any atom is 0.268 e. The number of nitrogens with zero attached hydrogens (tertiary/aromatic N) is 1. The lowest BCUT2D eigenvalue weighted by Gasteiger charge is -2.30. The minimum absolute atomic E-state index is 0.0146. The van der Waals surface area contributed by atoms with E-state index in [-0.39, 0.29) is 19.1 Å². The first-order valence-electron chi connectivity index (χ1n) is 39.0. The summed E-state index contributed by atoms with van der Waals surface area (Å²) in [6.07, 6.45) is 95.1. The topological polar surface area (TPSA) is 108 Å². The van der Waals surface area contributed by atoms with Gasteiger partial charge in [-0.25, -0.2) is 0 Å². The van der Waals surface area contributed by atoms with Crippen molar-refractivity contribution in [1.29, 1.82) is 0 Å². The Bertz CT molecular complexity index is 1580. The lowest BCUT2D eigenvalue weighted by atomic mass is 10.0. The third kappa shape index (κ3) is 71.9. The lowest BCUT2D eigenvalue weighted by molar-refractivity contribution is -0.870. The Hall–Kier alpha value is -1.54. The zero-order valence-corrected chi connectivity index (χ0v) is 60.6. The second-order valence-corrected chi connectivity index (χ2v) is 29.5. The highest BCUT2D eigenvalue weighted by Gasteiger charge is 2.24. The van der Waals surface area contributed by atoms with Crippen molar-refractivity contribution < 1.29 is 32.9 Å². The molecule has 0 saturated carbocycles. The van der Waals surface area contributed by atoms with Gasteiger partial charge in [-0.2, -0.15) is 0 Å². The molecule has 0 spiro atoms. The van der Waals surface area contributed by atoms with Crippen LogP contribution in [-0.2, 0) is 18.4 Å². The Balaban J connectivity index is 3.92. The van der Waals surface area contributed by atoms with Crippen molar-refractivity contribution in [2.45, 2.75) is 411 Å². The van der Waals surface area contributed by atoms with Gasteiger partial charge in [0.15, 0.2) is 0 Å². The van der Waals surface area contributed by atoms with E-state index in [4.69, 9.17) is 9.05 Å². The van der Waals surface area contributed by atoms with E-state index >= 15 is 0 Å². The number of aliphatic hydroxyl groups excluding tert-OH is 1. The highest BCUT2D eigenvalue weighted by molar-refractivity contribution is 7.45. The number of unbranched alkanes of at least 4 members (excludes halogenated alkanes) is 52. The fourth-order valence-corrected chi connectivity index (χ4v) is 12.8. The maximum absolute atomic E-state index is 13.1. The number of rotatable bonds is 73. The summed E-state index contributed by atoms with van der Waals surface area (Å²) >= 11 is 0. The predicted molar refractivity (Wildman–Crippen MR) is 385 cm³/mol. The Kier molecular flexibility index (Phi) is 68.6. The molecule has 1 amide bonds. The minimum Gasteiger partial charge on any atom is -0.756 e. The number of allylic oxidation sites excluding steroid dienone is 8. The van der Waals surface area contributed by atoms with E-state index < -0.39 is 20.0 Å². The largest absolute Gasteiger partial charge is 0.756 e. The molecule has 0 heterocycles. The third-order valence-electron chi connectivity index (χ3n) is 18.1. The normalized spacial score (nSPS) is 13.8. The van der Waals surface area contributed by atoms with Crippen molar-refractivity contribution >= 4 is 13.7 Å². The SMILES string of the molecule is CC/C=C\C/C=C\C/C=C\C/C=C\CCCCCCCCCCCCCCCCCCCCCCCCCCC(=O)NC(COP(=O)([O-])OCC[N+](C)(C)C)C(O)CCCCCCCCCCCCCCCCCCCCCCCCCCCCCCC. The van der Waals surface area contributed by atoms with Gasteiger partial charge in [0.05, 0.1) is 39.9 Å². The molecule has 9 heteroatoms. The summed E-state index contributed by atoms with van der Waals surface area (Å²) < 4.78 is 23.6. The Morgan fingerprint density at radius 3 is 1.01 bits per heavy atom. The van der Waals surface area contributed by atoms with Crippen LogP contribution in [0.1, 0.15) is 399 Å². The smallest absolute Gasteiger partial charge is 0.268 e. The van der Waals surface area contributed by atoms with E-state index in [2.05, 4.69) is 67.8 Å². The molecule has 0 aliphatic carbocycles. The van der Waals surface area contributed by atoms with E-state index in [0.717, 1.165) is 64.2 Å². The molecule has 0 aliphatic heterocycles. The molecular formula is C79H153N2O6P. The molecule has 0 fully saturated rings. The van der Waals surface area contributed by atoms with Crippen LogP contribution >= 0.6 is 7.82 Å². The number of hydrogen-bond acceptors (Lipinski definition) is 6. The second-order valence-electron chi connectivity index (χ2n) is 28.0. The average Bonchev–Trinajstić information content (AvgIpc) is 3.70. The van der Waals surface area contributed by atoms with Crippen LogP contribution in [-0.4, -0.2) is 68.5 Å². The number of carbonyl (C=O) groups excluding carboxylic acids is 1. The average molecular weight is 1260 g/mol. The molecule has 0 aromatic heterocycles. The minimum atomic E-state index is -4.58. The summed E-state index contributed by atoms with van der Waals surface area (Å²) in [7, 11) is 1.33. The summed E-state index contributed by atoms with van der Waals surface area (Å²) in [5.74, 6) is -0.155. The summed E-state index contributed by atoms with van der Waals surface area (Å²) in [4.78, 5) is 25.7. The van der Waals surface area contributed by atoms with E-state index in [1.807, 2.05) is 21.1 Å². The predicted octanol–water partition coefficient (Wildman–Crippen LogP) is 24.7. The fraction of sp³-hybridized carbons (Fsp3) is 0.886. The molecule has 0 aromatic carbocycles.